The number of primary amides is 1. The Morgan fingerprint density at radius 1 is 1.26 bits per heavy atom. The molecule has 1 aromatic carbocycles. The summed E-state index contributed by atoms with van der Waals surface area (Å²) in [5, 5.41) is 0. The van der Waals surface area contributed by atoms with Gasteiger partial charge in [-0.25, -0.2) is 13.1 Å². The van der Waals surface area contributed by atoms with Gasteiger partial charge in [-0.1, -0.05) is 6.42 Å². The summed E-state index contributed by atoms with van der Waals surface area (Å²) in [6.07, 6.45) is 1.93. The molecule has 2 atom stereocenters. The van der Waals surface area contributed by atoms with E-state index in [0.29, 0.717) is 28.8 Å². The number of sulfonamides is 1. The Kier molecular flexibility index (Phi) is 5.53. The van der Waals surface area contributed by atoms with Gasteiger partial charge in [0.25, 0.3) is 0 Å². The van der Waals surface area contributed by atoms with E-state index in [9.17, 15) is 13.2 Å². The first-order chi connectivity index (χ1) is 10.8. The lowest BCUT2D eigenvalue weighted by Crippen LogP contribution is -2.42. The van der Waals surface area contributed by atoms with Crippen molar-refractivity contribution in [3.63, 3.8) is 0 Å². The zero-order chi connectivity index (χ0) is 17.2. The van der Waals surface area contributed by atoms with Gasteiger partial charge in [-0.2, -0.15) is 0 Å². The molecule has 1 fully saturated rings. The fraction of sp³-hybridized carbons (Fsp3) is 0.500. The van der Waals surface area contributed by atoms with Gasteiger partial charge >= 0.3 is 0 Å². The number of methoxy groups -OCH3 is 2. The van der Waals surface area contributed by atoms with Crippen molar-refractivity contribution in [1.29, 1.82) is 0 Å². The number of ether oxygens (including phenoxy) is 2. The molecule has 1 amide bonds. The highest BCUT2D eigenvalue weighted by Crippen LogP contribution is 2.36. The van der Waals surface area contributed by atoms with E-state index in [0.717, 1.165) is 6.42 Å². The van der Waals surface area contributed by atoms with Crippen LogP contribution in [0.1, 0.15) is 19.3 Å². The van der Waals surface area contributed by atoms with Gasteiger partial charge in [0, 0.05) is 16.6 Å². The molecule has 1 aliphatic carbocycles. The Hall–Kier alpha value is -1.32. The second-order valence-corrected chi connectivity index (χ2v) is 7.84. The molecule has 2 unspecified atom stereocenters. The number of nitrogens with one attached hydrogen (secondary N) is 1. The number of hydrogen-bond donors (Lipinski definition) is 2. The second-order valence-electron chi connectivity index (χ2n) is 5.31. The summed E-state index contributed by atoms with van der Waals surface area (Å²) in [4.78, 5) is 11.4. The van der Waals surface area contributed by atoms with Crippen LogP contribution < -0.4 is 19.9 Å². The highest BCUT2D eigenvalue weighted by atomic mass is 79.9. The third-order valence-corrected chi connectivity index (χ3v) is 6.36. The Morgan fingerprint density at radius 2 is 1.87 bits per heavy atom. The minimum absolute atomic E-state index is 0.0188. The van der Waals surface area contributed by atoms with Crippen molar-refractivity contribution in [2.75, 3.05) is 14.2 Å². The molecule has 0 saturated heterocycles. The second kappa shape index (κ2) is 7.06. The maximum absolute atomic E-state index is 12.7. The van der Waals surface area contributed by atoms with Crippen LogP contribution in [0.15, 0.2) is 21.5 Å². The van der Waals surface area contributed by atoms with E-state index in [-0.39, 0.29) is 4.90 Å². The predicted octanol–water partition coefficient (Wildman–Crippen LogP) is 1.40. The number of carbonyl (C=O) groups excluding carboxylic acids is 1. The van der Waals surface area contributed by atoms with E-state index in [4.69, 9.17) is 15.2 Å². The summed E-state index contributed by atoms with van der Waals surface area (Å²) in [7, 11) is -0.947. The molecular formula is C14H19BrN2O5S. The van der Waals surface area contributed by atoms with Crippen LogP contribution in [-0.2, 0) is 14.8 Å². The van der Waals surface area contributed by atoms with Gasteiger partial charge in [0.15, 0.2) is 11.5 Å². The van der Waals surface area contributed by atoms with E-state index in [1.807, 2.05) is 0 Å². The van der Waals surface area contributed by atoms with Gasteiger partial charge in [0.1, 0.15) is 4.90 Å². The lowest BCUT2D eigenvalue weighted by molar-refractivity contribution is -0.122. The van der Waals surface area contributed by atoms with Crippen molar-refractivity contribution in [1.82, 2.24) is 4.72 Å². The van der Waals surface area contributed by atoms with Crippen LogP contribution in [0.2, 0.25) is 0 Å². The molecule has 1 aliphatic rings. The van der Waals surface area contributed by atoms with E-state index in [2.05, 4.69) is 20.7 Å². The zero-order valence-corrected chi connectivity index (χ0v) is 15.2. The molecule has 0 aromatic heterocycles. The van der Waals surface area contributed by atoms with Gasteiger partial charge in [-0.3, -0.25) is 4.79 Å². The van der Waals surface area contributed by atoms with Crippen molar-refractivity contribution in [3.8, 4) is 11.5 Å². The number of amides is 1. The number of nitrogens with two attached hydrogens (primary N) is 1. The smallest absolute Gasteiger partial charge is 0.242 e. The fourth-order valence-corrected chi connectivity index (χ4v) is 5.09. The Balaban J connectivity index is 2.34. The fourth-order valence-electron chi connectivity index (χ4n) is 2.75. The third kappa shape index (κ3) is 3.78. The Morgan fingerprint density at radius 3 is 2.43 bits per heavy atom. The number of carbonyl (C=O) groups is 1. The third-order valence-electron chi connectivity index (χ3n) is 3.92. The largest absolute Gasteiger partial charge is 0.493 e. The lowest BCUT2D eigenvalue weighted by atomic mass is 10.0. The molecular weight excluding hydrogens is 388 g/mol. The Labute approximate surface area is 143 Å². The molecule has 0 bridgehead atoms. The topological polar surface area (TPSA) is 108 Å². The predicted molar refractivity (Wildman–Crippen MR) is 87.9 cm³/mol. The number of halogens is 1. The molecule has 2 rings (SSSR count). The van der Waals surface area contributed by atoms with Crippen molar-refractivity contribution in [2.24, 2.45) is 11.7 Å². The SMILES string of the molecule is COc1cc(Br)c(S(=O)(=O)NC2CCCC2C(N)=O)cc1OC. The quantitative estimate of drug-likeness (QED) is 0.741. The molecule has 0 spiro atoms. The first-order valence-corrected chi connectivity index (χ1v) is 9.31. The summed E-state index contributed by atoms with van der Waals surface area (Å²) in [6.45, 7) is 0. The van der Waals surface area contributed by atoms with Gasteiger partial charge in [-0.15, -0.1) is 0 Å². The van der Waals surface area contributed by atoms with Crippen LogP contribution in [0, 0.1) is 5.92 Å². The average molecular weight is 407 g/mol. The molecule has 23 heavy (non-hydrogen) atoms. The van der Waals surface area contributed by atoms with E-state index in [1.165, 1.54) is 26.4 Å². The van der Waals surface area contributed by atoms with E-state index < -0.39 is 27.9 Å². The zero-order valence-electron chi connectivity index (χ0n) is 12.8. The number of hydrogen-bond acceptors (Lipinski definition) is 5. The molecule has 1 saturated carbocycles. The summed E-state index contributed by atoms with van der Waals surface area (Å²) in [5.74, 6) is -0.256. The van der Waals surface area contributed by atoms with E-state index >= 15 is 0 Å². The average Bonchev–Trinajstić information content (AvgIpc) is 2.94. The summed E-state index contributed by atoms with van der Waals surface area (Å²) >= 11 is 3.23. The van der Waals surface area contributed by atoms with Gasteiger partial charge in [0.05, 0.1) is 20.1 Å². The molecule has 0 radical (unpaired) electrons. The molecule has 7 nitrogen and oxygen atoms in total. The summed E-state index contributed by atoms with van der Waals surface area (Å²) in [6, 6.07) is 2.41. The minimum Gasteiger partial charge on any atom is -0.493 e. The van der Waals surface area contributed by atoms with Crippen LogP contribution in [0.4, 0.5) is 0 Å². The highest BCUT2D eigenvalue weighted by molar-refractivity contribution is 9.10. The maximum Gasteiger partial charge on any atom is 0.242 e. The Bertz CT molecular complexity index is 707. The van der Waals surface area contributed by atoms with Crippen LogP contribution in [0.3, 0.4) is 0 Å². The van der Waals surface area contributed by atoms with Gasteiger partial charge < -0.3 is 15.2 Å². The molecule has 1 aromatic rings. The summed E-state index contributed by atoms with van der Waals surface area (Å²) in [5.41, 5.74) is 5.34. The van der Waals surface area contributed by atoms with Gasteiger partial charge in [0.2, 0.25) is 15.9 Å². The van der Waals surface area contributed by atoms with Crippen LogP contribution >= 0.6 is 15.9 Å². The normalized spacial score (nSPS) is 21.2. The standard InChI is InChI=1S/C14H19BrN2O5S/c1-21-11-6-9(15)13(7-12(11)22-2)23(19,20)17-10-5-3-4-8(10)14(16)18/h6-8,10,17H,3-5H2,1-2H3,(H2,16,18). The van der Waals surface area contributed by atoms with Gasteiger partial charge in [-0.05, 0) is 34.8 Å². The molecule has 9 heteroatoms. The van der Waals surface area contributed by atoms with Crippen LogP contribution in [0.5, 0.6) is 11.5 Å². The number of rotatable bonds is 6. The number of benzene rings is 1. The monoisotopic (exact) mass is 406 g/mol. The van der Waals surface area contributed by atoms with Crippen LogP contribution in [-0.4, -0.2) is 34.6 Å². The van der Waals surface area contributed by atoms with Crippen molar-refractivity contribution >= 4 is 31.9 Å². The molecule has 0 heterocycles. The molecule has 3 N–H and O–H groups in total. The van der Waals surface area contributed by atoms with Crippen LogP contribution in [0.25, 0.3) is 0 Å². The van der Waals surface area contributed by atoms with E-state index in [1.54, 1.807) is 0 Å². The maximum atomic E-state index is 12.7. The van der Waals surface area contributed by atoms with Crippen molar-refractivity contribution < 1.29 is 22.7 Å². The van der Waals surface area contributed by atoms with Crippen molar-refractivity contribution in [2.45, 2.75) is 30.2 Å². The molecule has 0 aliphatic heterocycles. The molecule has 128 valence electrons. The lowest BCUT2D eigenvalue weighted by Gasteiger charge is -2.19. The first kappa shape index (κ1) is 18.0. The first-order valence-electron chi connectivity index (χ1n) is 7.03. The minimum atomic E-state index is -3.84. The summed E-state index contributed by atoms with van der Waals surface area (Å²) < 4.78 is 38.5. The van der Waals surface area contributed by atoms with Crippen molar-refractivity contribution in [3.05, 3.63) is 16.6 Å². The highest BCUT2D eigenvalue weighted by Gasteiger charge is 2.35.